The minimum atomic E-state index is -1.41. The van der Waals surface area contributed by atoms with Gasteiger partial charge in [-0.2, -0.15) is 0 Å². The number of methoxy groups -OCH3 is 1. The summed E-state index contributed by atoms with van der Waals surface area (Å²) in [4.78, 5) is 64.5. The maximum absolute atomic E-state index is 12.9. The van der Waals surface area contributed by atoms with Gasteiger partial charge in [-0.05, 0) is 18.6 Å². The Kier molecular flexibility index (Phi) is 4.69. The molecule has 3 heterocycles. The molecule has 3 aliphatic rings. The lowest BCUT2D eigenvalue weighted by atomic mass is 9.80. The van der Waals surface area contributed by atoms with Crippen LogP contribution in [0.4, 0.5) is 5.69 Å². The van der Waals surface area contributed by atoms with E-state index in [1.165, 1.54) is 27.3 Å². The highest BCUT2D eigenvalue weighted by molar-refractivity contribution is 6.17. The number of imide groups is 2. The van der Waals surface area contributed by atoms with Crippen LogP contribution in [0.2, 0.25) is 0 Å². The van der Waals surface area contributed by atoms with Gasteiger partial charge in [-0.3, -0.25) is 39.1 Å². The van der Waals surface area contributed by atoms with Crippen molar-refractivity contribution in [3.05, 3.63) is 41.6 Å². The molecule has 10 nitrogen and oxygen atoms in total. The number of para-hydroxylation sites is 1. The van der Waals surface area contributed by atoms with Gasteiger partial charge < -0.3 is 10.1 Å². The zero-order valence-electron chi connectivity index (χ0n) is 17.5. The number of hydrogen-bond acceptors (Lipinski definition) is 8. The molecular weight excluding hydrogens is 404 g/mol. The molecule has 2 saturated heterocycles. The van der Waals surface area contributed by atoms with Crippen molar-refractivity contribution in [3.63, 3.8) is 0 Å². The Labute approximate surface area is 178 Å². The van der Waals surface area contributed by atoms with Gasteiger partial charge in [0.25, 0.3) is 11.8 Å². The number of nitrogens with one attached hydrogen (secondary N) is 2. The van der Waals surface area contributed by atoms with Crippen LogP contribution >= 0.6 is 0 Å². The van der Waals surface area contributed by atoms with Gasteiger partial charge in [-0.1, -0.05) is 18.2 Å². The number of rotatable bonds is 4. The zero-order chi connectivity index (χ0) is 22.7. The van der Waals surface area contributed by atoms with E-state index in [4.69, 9.17) is 4.74 Å². The van der Waals surface area contributed by atoms with Gasteiger partial charge >= 0.3 is 5.97 Å². The first kappa shape index (κ1) is 20.7. The molecule has 1 aromatic rings. The molecule has 0 aromatic heterocycles. The van der Waals surface area contributed by atoms with Crippen molar-refractivity contribution < 1.29 is 28.7 Å². The Morgan fingerprint density at radius 1 is 1.10 bits per heavy atom. The molecule has 0 bridgehead atoms. The SMILES string of the molecule is COC(=O)[C@]1(C)N[C@H](c2ccccc2NC2=CC(=O)N(C)C2=O)[C@@H]2C(=O)N(C)C(=O)[C@@H]21. The minimum absolute atomic E-state index is 0.0937. The lowest BCUT2D eigenvalue weighted by Crippen LogP contribution is -2.53. The molecule has 0 saturated carbocycles. The number of likely N-dealkylation sites (N-methyl/N-ethyl adjacent to an activating group) is 1. The highest BCUT2D eigenvalue weighted by Crippen LogP contribution is 2.49. The van der Waals surface area contributed by atoms with Gasteiger partial charge in [0.05, 0.1) is 18.9 Å². The Balaban J connectivity index is 1.77. The Morgan fingerprint density at radius 2 is 1.77 bits per heavy atom. The largest absolute Gasteiger partial charge is 0.468 e. The van der Waals surface area contributed by atoms with E-state index in [0.29, 0.717) is 11.3 Å². The van der Waals surface area contributed by atoms with Gasteiger partial charge in [0.1, 0.15) is 11.2 Å². The van der Waals surface area contributed by atoms with Crippen LogP contribution in [-0.2, 0) is 28.7 Å². The predicted octanol–water partition coefficient (Wildman–Crippen LogP) is -0.212. The van der Waals surface area contributed by atoms with Crippen molar-refractivity contribution in [2.45, 2.75) is 18.5 Å². The number of nitrogens with zero attached hydrogens (tertiary/aromatic N) is 2. The van der Waals surface area contributed by atoms with Crippen LogP contribution in [0.3, 0.4) is 0 Å². The van der Waals surface area contributed by atoms with Gasteiger partial charge in [-0.25, -0.2) is 0 Å². The fourth-order valence-corrected chi connectivity index (χ4v) is 4.63. The monoisotopic (exact) mass is 426 g/mol. The Bertz CT molecular complexity index is 1070. The van der Waals surface area contributed by atoms with Gasteiger partial charge in [0, 0.05) is 31.9 Å². The van der Waals surface area contributed by atoms with E-state index in [0.717, 1.165) is 9.80 Å². The first-order chi connectivity index (χ1) is 14.6. The molecule has 0 aliphatic carbocycles. The van der Waals surface area contributed by atoms with E-state index in [-0.39, 0.29) is 5.70 Å². The maximum Gasteiger partial charge on any atom is 0.326 e. The van der Waals surface area contributed by atoms with E-state index >= 15 is 0 Å². The summed E-state index contributed by atoms with van der Waals surface area (Å²) in [6.45, 7) is 1.55. The van der Waals surface area contributed by atoms with E-state index in [1.807, 2.05) is 0 Å². The molecule has 10 heteroatoms. The number of carbonyl (C=O) groups is 5. The van der Waals surface area contributed by atoms with Crippen molar-refractivity contribution in [2.24, 2.45) is 11.8 Å². The molecule has 4 rings (SSSR count). The highest BCUT2D eigenvalue weighted by atomic mass is 16.5. The van der Waals surface area contributed by atoms with Crippen molar-refractivity contribution in [2.75, 3.05) is 26.5 Å². The number of hydrogen-bond donors (Lipinski definition) is 2. The quantitative estimate of drug-likeness (QED) is 0.501. The molecule has 0 radical (unpaired) electrons. The topological polar surface area (TPSA) is 125 Å². The number of ether oxygens (including phenoxy) is 1. The molecule has 3 aliphatic heterocycles. The molecular formula is C21H22N4O6. The highest BCUT2D eigenvalue weighted by Gasteiger charge is 2.66. The molecule has 162 valence electrons. The number of carbonyl (C=O) groups excluding carboxylic acids is 5. The first-order valence-corrected chi connectivity index (χ1v) is 9.69. The summed E-state index contributed by atoms with van der Waals surface area (Å²) >= 11 is 0. The average Bonchev–Trinajstić information content (AvgIpc) is 3.29. The van der Waals surface area contributed by atoms with Gasteiger partial charge in [0.15, 0.2) is 0 Å². The second-order valence-corrected chi connectivity index (χ2v) is 8.03. The third-order valence-corrected chi connectivity index (χ3v) is 6.32. The summed E-state index contributed by atoms with van der Waals surface area (Å²) in [7, 11) is 4.00. The Hall–Kier alpha value is -3.53. The van der Waals surface area contributed by atoms with Crippen molar-refractivity contribution in [1.82, 2.24) is 15.1 Å². The molecule has 31 heavy (non-hydrogen) atoms. The predicted molar refractivity (Wildman–Crippen MR) is 107 cm³/mol. The normalized spacial score (nSPS) is 30.1. The smallest absolute Gasteiger partial charge is 0.326 e. The second kappa shape index (κ2) is 7.02. The summed E-state index contributed by atoms with van der Waals surface area (Å²) < 4.78 is 4.93. The van der Waals surface area contributed by atoms with Crippen molar-refractivity contribution >= 4 is 35.3 Å². The lowest BCUT2D eigenvalue weighted by molar-refractivity contribution is -0.152. The summed E-state index contributed by atoms with van der Waals surface area (Å²) in [5, 5.41) is 6.11. The zero-order valence-corrected chi connectivity index (χ0v) is 17.5. The molecule has 4 atom stereocenters. The molecule has 4 amide bonds. The van der Waals surface area contributed by atoms with Gasteiger partial charge in [0.2, 0.25) is 11.8 Å². The summed E-state index contributed by atoms with van der Waals surface area (Å²) in [5.74, 6) is -4.19. The lowest BCUT2D eigenvalue weighted by Gasteiger charge is -2.28. The number of amides is 4. The molecule has 2 N–H and O–H groups in total. The van der Waals surface area contributed by atoms with Crippen molar-refractivity contribution in [1.29, 1.82) is 0 Å². The third-order valence-electron chi connectivity index (χ3n) is 6.32. The molecule has 0 spiro atoms. The summed E-state index contributed by atoms with van der Waals surface area (Å²) in [6, 6.07) is 6.21. The summed E-state index contributed by atoms with van der Waals surface area (Å²) in [6.07, 6.45) is 1.20. The number of benzene rings is 1. The first-order valence-electron chi connectivity index (χ1n) is 9.69. The van der Waals surface area contributed by atoms with Crippen LogP contribution in [0.25, 0.3) is 0 Å². The minimum Gasteiger partial charge on any atom is -0.468 e. The van der Waals surface area contributed by atoms with Crippen LogP contribution in [0.15, 0.2) is 36.0 Å². The van der Waals surface area contributed by atoms with E-state index in [9.17, 15) is 24.0 Å². The van der Waals surface area contributed by atoms with Crippen LogP contribution in [0, 0.1) is 11.8 Å². The van der Waals surface area contributed by atoms with E-state index < -0.39 is 53.0 Å². The number of fused-ring (bicyclic) bond motifs is 1. The molecule has 1 aromatic carbocycles. The van der Waals surface area contributed by atoms with E-state index in [1.54, 1.807) is 31.2 Å². The summed E-state index contributed by atoms with van der Waals surface area (Å²) in [5.41, 5.74) is -0.258. The van der Waals surface area contributed by atoms with Crippen LogP contribution in [0.1, 0.15) is 18.5 Å². The number of likely N-dealkylation sites (tertiary alicyclic amines) is 1. The fraction of sp³-hybridized carbons (Fsp3) is 0.381. The average molecular weight is 426 g/mol. The van der Waals surface area contributed by atoms with Gasteiger partial charge in [-0.15, -0.1) is 0 Å². The van der Waals surface area contributed by atoms with Crippen LogP contribution in [-0.4, -0.2) is 66.1 Å². The number of anilines is 1. The Morgan fingerprint density at radius 3 is 2.39 bits per heavy atom. The standard InChI is InChI=1S/C21H22N4O6/c1-21(20(30)31-4)15-14(18(28)25(3)19(15)29)16(23-21)10-7-5-6-8-11(10)22-12-9-13(26)24(2)17(12)27/h5-9,14-16,22-23H,1-4H3/t14-,15-,16-,21-/m1/s1. The third kappa shape index (κ3) is 2.86. The van der Waals surface area contributed by atoms with E-state index in [2.05, 4.69) is 10.6 Å². The van der Waals surface area contributed by atoms with Crippen LogP contribution in [0.5, 0.6) is 0 Å². The maximum atomic E-state index is 12.9. The molecule has 2 fully saturated rings. The van der Waals surface area contributed by atoms with Crippen molar-refractivity contribution in [3.8, 4) is 0 Å². The fourth-order valence-electron chi connectivity index (χ4n) is 4.63. The van der Waals surface area contributed by atoms with Crippen LogP contribution < -0.4 is 10.6 Å². The molecule has 0 unspecified atom stereocenters. The number of esters is 1. The second-order valence-electron chi connectivity index (χ2n) is 8.03.